The van der Waals surface area contributed by atoms with Crippen molar-refractivity contribution >= 4 is 38.9 Å². The van der Waals surface area contributed by atoms with Crippen LogP contribution >= 0.6 is 11.3 Å². The predicted octanol–water partition coefficient (Wildman–Crippen LogP) is 3.22. The van der Waals surface area contributed by atoms with Crippen molar-refractivity contribution in [2.45, 2.75) is 43.4 Å². The highest BCUT2D eigenvalue weighted by molar-refractivity contribution is 7.89. The van der Waals surface area contributed by atoms with E-state index in [1.54, 1.807) is 6.07 Å². The number of esters is 1. The number of nitrogens with one attached hydrogen (secondary N) is 1. The highest BCUT2D eigenvalue weighted by Gasteiger charge is 2.29. The van der Waals surface area contributed by atoms with Gasteiger partial charge in [-0.15, -0.1) is 11.3 Å². The second-order valence-corrected chi connectivity index (χ2v) is 10.9. The SMILES string of the molecule is COc1ccc(NC(=O)COC(=O)c2cc3c(s2)CCC3)cc1S(=O)(=O)N1CCCCC1. The van der Waals surface area contributed by atoms with Crippen LogP contribution in [-0.4, -0.2) is 51.4 Å². The van der Waals surface area contributed by atoms with Crippen molar-refractivity contribution in [3.8, 4) is 5.75 Å². The van der Waals surface area contributed by atoms with Gasteiger partial charge in [0.15, 0.2) is 6.61 Å². The van der Waals surface area contributed by atoms with Crippen LogP contribution in [0.4, 0.5) is 5.69 Å². The zero-order valence-corrected chi connectivity index (χ0v) is 19.5. The maximum absolute atomic E-state index is 13.1. The first kappa shape index (κ1) is 22.8. The molecular formula is C22H26N2O6S2. The summed E-state index contributed by atoms with van der Waals surface area (Å²) in [5.41, 5.74) is 1.48. The molecule has 0 saturated carbocycles. The Morgan fingerprint density at radius 3 is 2.59 bits per heavy atom. The molecule has 172 valence electrons. The summed E-state index contributed by atoms with van der Waals surface area (Å²) in [6.07, 6.45) is 5.70. The molecule has 10 heteroatoms. The van der Waals surface area contributed by atoms with Crippen LogP contribution in [0.2, 0.25) is 0 Å². The number of amides is 1. The number of hydrogen-bond acceptors (Lipinski definition) is 7. The summed E-state index contributed by atoms with van der Waals surface area (Å²) in [5, 5.41) is 2.60. The van der Waals surface area contributed by atoms with Gasteiger partial charge in [0.1, 0.15) is 15.5 Å². The minimum atomic E-state index is -3.75. The number of carbonyl (C=O) groups is 2. The smallest absolute Gasteiger partial charge is 0.348 e. The minimum Gasteiger partial charge on any atom is -0.495 e. The fourth-order valence-electron chi connectivity index (χ4n) is 4.03. The molecule has 1 amide bonds. The van der Waals surface area contributed by atoms with Crippen LogP contribution in [0.3, 0.4) is 0 Å². The van der Waals surface area contributed by atoms with E-state index in [9.17, 15) is 18.0 Å². The van der Waals surface area contributed by atoms with E-state index in [2.05, 4.69) is 5.32 Å². The Morgan fingerprint density at radius 1 is 1.09 bits per heavy atom. The Kier molecular flexibility index (Phi) is 6.82. The minimum absolute atomic E-state index is 0.00444. The van der Waals surface area contributed by atoms with Gasteiger partial charge in [-0.2, -0.15) is 4.31 Å². The van der Waals surface area contributed by atoms with E-state index in [1.165, 1.54) is 45.3 Å². The maximum atomic E-state index is 13.1. The van der Waals surface area contributed by atoms with E-state index in [0.717, 1.165) is 38.5 Å². The van der Waals surface area contributed by atoms with E-state index in [1.807, 2.05) is 6.07 Å². The van der Waals surface area contributed by atoms with E-state index < -0.39 is 28.5 Å². The van der Waals surface area contributed by atoms with E-state index in [-0.39, 0.29) is 16.3 Å². The zero-order valence-electron chi connectivity index (χ0n) is 17.9. The van der Waals surface area contributed by atoms with Gasteiger partial charge in [-0.3, -0.25) is 4.79 Å². The number of thiophene rings is 1. The summed E-state index contributed by atoms with van der Waals surface area (Å²) in [6, 6.07) is 6.28. The average Bonchev–Trinajstić information content (AvgIpc) is 3.40. The molecule has 0 atom stereocenters. The number of anilines is 1. The molecule has 8 nitrogen and oxygen atoms in total. The molecule has 1 N–H and O–H groups in total. The van der Waals surface area contributed by atoms with Gasteiger partial charge in [-0.25, -0.2) is 13.2 Å². The lowest BCUT2D eigenvalue weighted by Crippen LogP contribution is -2.35. The van der Waals surface area contributed by atoms with E-state index in [4.69, 9.17) is 9.47 Å². The highest BCUT2D eigenvalue weighted by Crippen LogP contribution is 2.32. The van der Waals surface area contributed by atoms with Gasteiger partial charge in [0.2, 0.25) is 10.0 Å². The number of methoxy groups -OCH3 is 1. The van der Waals surface area contributed by atoms with Crippen molar-refractivity contribution in [1.82, 2.24) is 4.31 Å². The summed E-state index contributed by atoms with van der Waals surface area (Å²) in [6.45, 7) is 0.468. The first-order valence-electron chi connectivity index (χ1n) is 10.7. The molecule has 2 aliphatic rings. The van der Waals surface area contributed by atoms with Crippen molar-refractivity contribution in [2.24, 2.45) is 0 Å². The Bertz CT molecular complexity index is 1100. The quantitative estimate of drug-likeness (QED) is 0.613. The van der Waals surface area contributed by atoms with Crippen molar-refractivity contribution in [1.29, 1.82) is 0 Å². The standard InChI is InChI=1S/C22H26N2O6S2/c1-29-17-9-8-16(13-20(17)32(27,28)24-10-3-2-4-11-24)23-21(25)14-30-22(26)19-12-15-6-5-7-18(15)31-19/h8-9,12-13H,2-7,10-11,14H2,1H3,(H,23,25). The maximum Gasteiger partial charge on any atom is 0.348 e. The van der Waals surface area contributed by atoms with Crippen LogP contribution in [0.5, 0.6) is 5.75 Å². The molecule has 1 aliphatic carbocycles. The number of sulfonamides is 1. The van der Waals surface area contributed by atoms with Gasteiger partial charge in [-0.05, 0) is 61.9 Å². The van der Waals surface area contributed by atoms with Gasteiger partial charge in [0, 0.05) is 23.7 Å². The summed E-state index contributed by atoms with van der Waals surface area (Å²) >= 11 is 1.42. The summed E-state index contributed by atoms with van der Waals surface area (Å²) in [4.78, 5) is 26.3. The van der Waals surface area contributed by atoms with Gasteiger partial charge >= 0.3 is 5.97 Å². The first-order chi connectivity index (χ1) is 15.4. The molecule has 0 bridgehead atoms. The number of aryl methyl sites for hydroxylation is 2. The number of fused-ring (bicyclic) bond motifs is 1. The summed E-state index contributed by atoms with van der Waals surface area (Å²) in [5.74, 6) is -0.859. The van der Waals surface area contributed by atoms with Crippen LogP contribution in [0.1, 0.15) is 45.8 Å². The van der Waals surface area contributed by atoms with Crippen molar-refractivity contribution in [3.63, 3.8) is 0 Å². The number of nitrogens with zero attached hydrogens (tertiary/aromatic N) is 1. The molecule has 1 saturated heterocycles. The Hall–Kier alpha value is -2.43. The molecule has 1 aromatic heterocycles. The summed E-state index contributed by atoms with van der Waals surface area (Å²) < 4.78 is 38.0. The molecule has 1 aromatic carbocycles. The second kappa shape index (κ2) is 9.60. The zero-order chi connectivity index (χ0) is 22.7. The molecule has 1 fully saturated rings. The van der Waals surface area contributed by atoms with Crippen LogP contribution in [0, 0.1) is 0 Å². The van der Waals surface area contributed by atoms with Gasteiger partial charge in [-0.1, -0.05) is 6.42 Å². The molecule has 32 heavy (non-hydrogen) atoms. The van der Waals surface area contributed by atoms with E-state index >= 15 is 0 Å². The molecule has 4 rings (SSSR count). The van der Waals surface area contributed by atoms with Crippen LogP contribution < -0.4 is 10.1 Å². The number of piperidine rings is 1. The third-order valence-electron chi connectivity index (χ3n) is 5.66. The Balaban J connectivity index is 1.41. The molecule has 0 radical (unpaired) electrons. The van der Waals surface area contributed by atoms with Gasteiger partial charge in [0.05, 0.1) is 7.11 Å². The molecular weight excluding hydrogens is 452 g/mol. The molecule has 2 heterocycles. The number of carbonyl (C=O) groups excluding carboxylic acids is 2. The van der Waals surface area contributed by atoms with Crippen molar-refractivity contribution in [2.75, 3.05) is 32.1 Å². The average molecular weight is 479 g/mol. The molecule has 2 aromatic rings. The van der Waals surface area contributed by atoms with Gasteiger partial charge < -0.3 is 14.8 Å². The molecule has 1 aliphatic heterocycles. The number of rotatable bonds is 7. The Morgan fingerprint density at radius 2 is 1.88 bits per heavy atom. The molecule has 0 spiro atoms. The van der Waals surface area contributed by atoms with Crippen LogP contribution in [0.25, 0.3) is 0 Å². The topological polar surface area (TPSA) is 102 Å². The lowest BCUT2D eigenvalue weighted by atomic mass is 10.2. The second-order valence-electron chi connectivity index (χ2n) is 7.87. The number of hydrogen-bond donors (Lipinski definition) is 1. The third-order valence-corrected chi connectivity index (χ3v) is 8.80. The third kappa shape index (κ3) is 4.82. The lowest BCUT2D eigenvalue weighted by molar-refractivity contribution is -0.119. The van der Waals surface area contributed by atoms with Crippen molar-refractivity contribution in [3.05, 3.63) is 39.6 Å². The normalized spacial score (nSPS) is 16.4. The fraction of sp³-hybridized carbons (Fsp3) is 0.455. The Labute approximate surface area is 191 Å². The fourth-order valence-corrected chi connectivity index (χ4v) is 6.88. The van der Waals surface area contributed by atoms with Crippen LogP contribution in [-0.2, 0) is 32.4 Å². The number of benzene rings is 1. The first-order valence-corrected chi connectivity index (χ1v) is 12.9. The highest BCUT2D eigenvalue weighted by atomic mass is 32.2. The van der Waals surface area contributed by atoms with E-state index in [0.29, 0.717) is 18.0 Å². The molecule has 0 unspecified atom stereocenters. The summed E-state index contributed by atoms with van der Waals surface area (Å²) in [7, 11) is -2.35. The largest absolute Gasteiger partial charge is 0.495 e. The van der Waals surface area contributed by atoms with Crippen molar-refractivity contribution < 1.29 is 27.5 Å². The van der Waals surface area contributed by atoms with Crippen LogP contribution in [0.15, 0.2) is 29.2 Å². The monoisotopic (exact) mass is 478 g/mol. The lowest BCUT2D eigenvalue weighted by Gasteiger charge is -2.26. The predicted molar refractivity (Wildman–Crippen MR) is 121 cm³/mol. The number of ether oxygens (including phenoxy) is 2. The van der Waals surface area contributed by atoms with Gasteiger partial charge in [0.25, 0.3) is 5.91 Å².